The molecule has 1 aliphatic heterocycles. The van der Waals surface area contributed by atoms with Crippen molar-refractivity contribution in [2.45, 2.75) is 32.4 Å². The van der Waals surface area contributed by atoms with Crippen LogP contribution in [0.3, 0.4) is 0 Å². The van der Waals surface area contributed by atoms with Crippen LogP contribution in [0.5, 0.6) is 0 Å². The number of carbonyl (C=O) groups is 2. The number of hydrogen-bond donors (Lipinski definition) is 2. The lowest BCUT2D eigenvalue weighted by atomic mass is 9.93. The maximum absolute atomic E-state index is 12.6. The number of aliphatic carboxylic acids is 1. The first-order valence-electron chi connectivity index (χ1n) is 6.84. The number of carboxylic acids is 1. The molecule has 1 aromatic carbocycles. The monoisotopic (exact) mass is 276 g/mol. The van der Waals surface area contributed by atoms with Crippen molar-refractivity contribution >= 4 is 11.9 Å². The van der Waals surface area contributed by atoms with Crippen molar-refractivity contribution in [3.05, 3.63) is 35.4 Å². The van der Waals surface area contributed by atoms with Crippen LogP contribution in [0.4, 0.5) is 0 Å². The zero-order chi connectivity index (χ0) is 14.7. The molecule has 0 spiro atoms. The number of fused-ring (bicyclic) bond motifs is 1. The summed E-state index contributed by atoms with van der Waals surface area (Å²) in [5, 5.41) is 12.2. The van der Waals surface area contributed by atoms with Gasteiger partial charge in [-0.25, -0.2) is 0 Å². The van der Waals surface area contributed by atoms with Crippen LogP contribution in [0.2, 0.25) is 0 Å². The van der Waals surface area contributed by atoms with Crippen molar-refractivity contribution in [1.82, 2.24) is 10.2 Å². The van der Waals surface area contributed by atoms with Crippen LogP contribution in [0.25, 0.3) is 0 Å². The second kappa shape index (κ2) is 6.05. The van der Waals surface area contributed by atoms with Gasteiger partial charge in [0.25, 0.3) is 0 Å². The van der Waals surface area contributed by atoms with Crippen molar-refractivity contribution in [1.29, 1.82) is 0 Å². The molecule has 5 nitrogen and oxygen atoms in total. The van der Waals surface area contributed by atoms with E-state index in [9.17, 15) is 9.59 Å². The maximum Gasteiger partial charge on any atom is 0.323 e. The van der Waals surface area contributed by atoms with Gasteiger partial charge in [0.15, 0.2) is 0 Å². The third-order valence-corrected chi connectivity index (χ3v) is 3.57. The molecule has 1 aliphatic rings. The van der Waals surface area contributed by atoms with Crippen molar-refractivity contribution in [2.24, 2.45) is 0 Å². The molecule has 0 saturated heterocycles. The molecule has 108 valence electrons. The van der Waals surface area contributed by atoms with Crippen LogP contribution in [-0.4, -0.2) is 41.0 Å². The SMILES string of the molecule is CC(C)N(CC(=O)O)C(=O)C1NCCc2ccccc21. The topological polar surface area (TPSA) is 69.6 Å². The normalized spacial score (nSPS) is 17.6. The van der Waals surface area contributed by atoms with Crippen LogP contribution in [-0.2, 0) is 16.0 Å². The van der Waals surface area contributed by atoms with Gasteiger partial charge in [0.1, 0.15) is 12.6 Å². The average Bonchev–Trinajstić information content (AvgIpc) is 2.43. The van der Waals surface area contributed by atoms with Gasteiger partial charge in [-0.15, -0.1) is 0 Å². The molecule has 1 aromatic rings. The lowest BCUT2D eigenvalue weighted by molar-refractivity contribution is -0.147. The highest BCUT2D eigenvalue weighted by molar-refractivity contribution is 5.87. The summed E-state index contributed by atoms with van der Waals surface area (Å²) in [6, 6.07) is 7.24. The molecule has 0 aliphatic carbocycles. The fraction of sp³-hybridized carbons (Fsp3) is 0.467. The average molecular weight is 276 g/mol. The molecule has 1 atom stereocenters. The lowest BCUT2D eigenvalue weighted by Crippen LogP contribution is -2.48. The quantitative estimate of drug-likeness (QED) is 0.867. The molecule has 0 aromatic heterocycles. The number of carboxylic acid groups (broad SMARTS) is 1. The fourth-order valence-electron chi connectivity index (χ4n) is 2.55. The Morgan fingerprint density at radius 1 is 1.40 bits per heavy atom. The summed E-state index contributed by atoms with van der Waals surface area (Å²) in [7, 11) is 0. The number of hydrogen-bond acceptors (Lipinski definition) is 3. The van der Waals surface area contributed by atoms with E-state index in [2.05, 4.69) is 5.32 Å². The van der Waals surface area contributed by atoms with Gasteiger partial charge in [0.2, 0.25) is 5.91 Å². The molecule has 1 unspecified atom stereocenters. The molecule has 2 rings (SSSR count). The van der Waals surface area contributed by atoms with E-state index in [1.165, 1.54) is 4.90 Å². The zero-order valence-electron chi connectivity index (χ0n) is 11.8. The predicted molar refractivity (Wildman–Crippen MR) is 75.4 cm³/mol. The number of nitrogens with one attached hydrogen (secondary N) is 1. The first-order valence-corrected chi connectivity index (χ1v) is 6.84. The Morgan fingerprint density at radius 2 is 2.10 bits per heavy atom. The van der Waals surface area contributed by atoms with Gasteiger partial charge in [0.05, 0.1) is 0 Å². The Kier molecular flexibility index (Phi) is 4.39. The Labute approximate surface area is 118 Å². The summed E-state index contributed by atoms with van der Waals surface area (Å²) in [6.07, 6.45) is 0.889. The zero-order valence-corrected chi connectivity index (χ0v) is 11.8. The van der Waals surface area contributed by atoms with Gasteiger partial charge in [-0.2, -0.15) is 0 Å². The van der Waals surface area contributed by atoms with Crippen LogP contribution in [0.15, 0.2) is 24.3 Å². The maximum atomic E-state index is 12.6. The van der Waals surface area contributed by atoms with Gasteiger partial charge in [0, 0.05) is 12.6 Å². The molecule has 1 heterocycles. The van der Waals surface area contributed by atoms with E-state index >= 15 is 0 Å². The second-order valence-corrected chi connectivity index (χ2v) is 5.29. The molecule has 5 heteroatoms. The smallest absolute Gasteiger partial charge is 0.323 e. The van der Waals surface area contributed by atoms with Gasteiger partial charge in [-0.1, -0.05) is 24.3 Å². The van der Waals surface area contributed by atoms with E-state index < -0.39 is 12.0 Å². The van der Waals surface area contributed by atoms with Crippen LogP contribution < -0.4 is 5.32 Å². The van der Waals surface area contributed by atoms with E-state index in [0.717, 1.165) is 24.1 Å². The van der Waals surface area contributed by atoms with E-state index in [-0.39, 0.29) is 18.5 Å². The van der Waals surface area contributed by atoms with E-state index in [1.807, 2.05) is 38.1 Å². The Balaban J connectivity index is 2.26. The van der Waals surface area contributed by atoms with Gasteiger partial charge in [-0.3, -0.25) is 9.59 Å². The largest absolute Gasteiger partial charge is 0.480 e. The summed E-state index contributed by atoms with van der Waals surface area (Å²) < 4.78 is 0. The third kappa shape index (κ3) is 2.99. The third-order valence-electron chi connectivity index (χ3n) is 3.57. The number of amides is 1. The molecule has 0 saturated carbocycles. The summed E-state index contributed by atoms with van der Waals surface area (Å²) in [5.41, 5.74) is 2.11. The molecule has 2 N–H and O–H groups in total. The van der Waals surface area contributed by atoms with Gasteiger partial charge < -0.3 is 15.3 Å². The van der Waals surface area contributed by atoms with Crippen molar-refractivity contribution in [3.63, 3.8) is 0 Å². The predicted octanol–water partition coefficient (Wildman–Crippen LogP) is 1.19. The molecule has 0 bridgehead atoms. The van der Waals surface area contributed by atoms with Crippen molar-refractivity contribution in [2.75, 3.05) is 13.1 Å². The van der Waals surface area contributed by atoms with Crippen molar-refractivity contribution in [3.8, 4) is 0 Å². The molecule has 1 amide bonds. The summed E-state index contributed by atoms with van der Waals surface area (Å²) >= 11 is 0. The van der Waals surface area contributed by atoms with Crippen LogP contribution in [0, 0.1) is 0 Å². The first-order chi connectivity index (χ1) is 9.50. The van der Waals surface area contributed by atoms with Gasteiger partial charge in [-0.05, 0) is 31.4 Å². The van der Waals surface area contributed by atoms with Crippen molar-refractivity contribution < 1.29 is 14.7 Å². The summed E-state index contributed by atoms with van der Waals surface area (Å²) in [5.74, 6) is -1.16. The standard InChI is InChI=1S/C15H20N2O3/c1-10(2)17(9-13(18)19)15(20)14-12-6-4-3-5-11(12)7-8-16-14/h3-6,10,14,16H,7-9H2,1-2H3,(H,18,19). The van der Waals surface area contributed by atoms with E-state index in [1.54, 1.807) is 0 Å². The van der Waals surface area contributed by atoms with Crippen LogP contribution in [0.1, 0.15) is 31.0 Å². The number of benzene rings is 1. The highest BCUT2D eigenvalue weighted by atomic mass is 16.4. The minimum atomic E-state index is -0.990. The minimum absolute atomic E-state index is 0.144. The molecular formula is C15H20N2O3. The van der Waals surface area contributed by atoms with E-state index in [0.29, 0.717) is 0 Å². The first kappa shape index (κ1) is 14.5. The minimum Gasteiger partial charge on any atom is -0.480 e. The number of nitrogens with zero attached hydrogens (tertiary/aromatic N) is 1. The Hall–Kier alpha value is -1.88. The van der Waals surface area contributed by atoms with Gasteiger partial charge >= 0.3 is 5.97 Å². The number of carbonyl (C=O) groups excluding carboxylic acids is 1. The fourth-order valence-corrected chi connectivity index (χ4v) is 2.55. The second-order valence-electron chi connectivity index (χ2n) is 5.29. The van der Waals surface area contributed by atoms with E-state index in [4.69, 9.17) is 5.11 Å². The Bertz CT molecular complexity index is 514. The molecule has 0 fully saturated rings. The number of rotatable bonds is 4. The lowest BCUT2D eigenvalue weighted by Gasteiger charge is -2.33. The summed E-state index contributed by atoms with van der Waals surface area (Å²) in [6.45, 7) is 4.12. The highest BCUT2D eigenvalue weighted by Crippen LogP contribution is 2.24. The molecule has 0 radical (unpaired) electrons. The Morgan fingerprint density at radius 3 is 2.75 bits per heavy atom. The summed E-state index contributed by atoms with van der Waals surface area (Å²) in [4.78, 5) is 25.0. The highest BCUT2D eigenvalue weighted by Gasteiger charge is 2.31. The molecular weight excluding hydrogens is 256 g/mol. The molecule has 20 heavy (non-hydrogen) atoms. The van der Waals surface area contributed by atoms with Crippen LogP contribution >= 0.6 is 0 Å².